The van der Waals surface area contributed by atoms with E-state index in [-0.39, 0.29) is 40.7 Å². The first-order valence-corrected chi connectivity index (χ1v) is 1.62. The monoisotopic (exact) mass is 284 g/mol. The van der Waals surface area contributed by atoms with Crippen LogP contribution in [-0.4, -0.2) is 12.1 Å². The van der Waals surface area contributed by atoms with Crippen molar-refractivity contribution in [3.63, 3.8) is 0 Å². The summed E-state index contributed by atoms with van der Waals surface area (Å²) in [6, 6.07) is 0. The number of carbonyl (C=O) groups is 1. The molecule has 0 saturated carbocycles. The summed E-state index contributed by atoms with van der Waals surface area (Å²) < 4.78 is 0. The number of hydrogen-bond donors (Lipinski definition) is 0. The zero-order chi connectivity index (χ0) is 4.99. The van der Waals surface area contributed by atoms with Gasteiger partial charge in [0.2, 0.25) is 0 Å². The van der Waals surface area contributed by atoms with Gasteiger partial charge in [-0.25, -0.2) is 0 Å². The number of rotatable bonds is 2. The normalized spacial score (nSPS) is 5.62. The summed E-state index contributed by atoms with van der Waals surface area (Å²) in [4.78, 5) is 19.1. The molecule has 46 valence electrons. The first-order chi connectivity index (χ1) is 2.77. The molecular formula is C5H8O2W. The summed E-state index contributed by atoms with van der Waals surface area (Å²) in [6.45, 7) is 1.35. The Morgan fingerprint density at radius 3 is 2.00 bits per heavy atom. The fourth-order valence-corrected chi connectivity index (χ4v) is 0.102. The summed E-state index contributed by atoms with van der Waals surface area (Å²) in [5.41, 5.74) is 0. The van der Waals surface area contributed by atoms with Crippen molar-refractivity contribution in [1.29, 1.82) is 0 Å². The molecule has 0 aliphatic heterocycles. The van der Waals surface area contributed by atoms with E-state index in [2.05, 4.69) is 0 Å². The van der Waals surface area contributed by atoms with Crippen molar-refractivity contribution in [2.75, 3.05) is 0 Å². The van der Waals surface area contributed by atoms with E-state index in [0.717, 1.165) is 0 Å². The van der Waals surface area contributed by atoms with Gasteiger partial charge >= 0.3 is 21.1 Å². The van der Waals surface area contributed by atoms with Gasteiger partial charge in [0.25, 0.3) is 0 Å². The molecule has 0 aromatic heterocycles. The second-order valence-electron chi connectivity index (χ2n) is 1.02. The van der Waals surface area contributed by atoms with Crippen LogP contribution in [0.2, 0.25) is 0 Å². The van der Waals surface area contributed by atoms with Crippen molar-refractivity contribution in [2.45, 2.75) is 13.3 Å². The first-order valence-electron chi connectivity index (χ1n) is 1.62. The fraction of sp³-hybridized carbons (Fsp3) is 0.400. The van der Waals surface area contributed by atoms with E-state index in [4.69, 9.17) is 0 Å². The number of carbonyl (C=O) groups excluding carboxylic acids is 2. The SMILES string of the molecule is CC(=O)C[C-]=O.[CH3-].[W+2]. The molecule has 0 rings (SSSR count). The summed E-state index contributed by atoms with van der Waals surface area (Å²) in [7, 11) is 0. The summed E-state index contributed by atoms with van der Waals surface area (Å²) in [5.74, 6) is -0.134. The predicted octanol–water partition coefficient (Wildman–Crippen LogP) is 0.523. The second kappa shape index (κ2) is 10.1. The molecule has 0 aliphatic rings. The van der Waals surface area contributed by atoms with Gasteiger partial charge in [-0.3, -0.25) is 6.29 Å². The van der Waals surface area contributed by atoms with Crippen molar-refractivity contribution in [1.82, 2.24) is 0 Å². The maximum absolute atomic E-state index is 9.78. The van der Waals surface area contributed by atoms with Crippen LogP contribution < -0.4 is 0 Å². The van der Waals surface area contributed by atoms with Crippen LogP contribution in [0.25, 0.3) is 0 Å². The molecule has 0 N–H and O–H groups in total. The van der Waals surface area contributed by atoms with E-state index in [1.54, 1.807) is 0 Å². The van der Waals surface area contributed by atoms with Gasteiger partial charge in [-0.2, -0.15) is 0 Å². The molecule has 0 radical (unpaired) electrons. The zero-order valence-corrected chi connectivity index (χ0v) is 7.87. The summed E-state index contributed by atoms with van der Waals surface area (Å²) in [5, 5.41) is 0. The first kappa shape index (κ1) is 15.7. The van der Waals surface area contributed by atoms with Gasteiger partial charge in [-0.15, -0.1) is 0 Å². The van der Waals surface area contributed by atoms with Gasteiger partial charge in [0.05, 0.1) is 0 Å². The van der Waals surface area contributed by atoms with Crippen LogP contribution in [0.5, 0.6) is 0 Å². The minimum Gasteiger partial charge on any atom is -0.541 e. The van der Waals surface area contributed by atoms with Gasteiger partial charge in [0.1, 0.15) is 5.78 Å². The van der Waals surface area contributed by atoms with E-state index < -0.39 is 0 Å². The maximum atomic E-state index is 9.78. The second-order valence-corrected chi connectivity index (χ2v) is 1.02. The van der Waals surface area contributed by atoms with Crippen molar-refractivity contribution in [3.8, 4) is 0 Å². The minimum atomic E-state index is -0.134. The third-order valence-corrected chi connectivity index (χ3v) is 0.321. The molecule has 0 atom stereocenters. The zero-order valence-electron chi connectivity index (χ0n) is 4.93. The molecule has 2 nitrogen and oxygen atoms in total. The Kier molecular flexibility index (Phi) is 19.8. The van der Waals surface area contributed by atoms with Gasteiger partial charge < -0.3 is 17.0 Å². The number of hydrogen-bond acceptors (Lipinski definition) is 2. The van der Waals surface area contributed by atoms with Gasteiger partial charge in [0.15, 0.2) is 0 Å². The Morgan fingerprint density at radius 1 is 1.62 bits per heavy atom. The minimum absolute atomic E-state index is 0. The van der Waals surface area contributed by atoms with Gasteiger partial charge in [-0.1, -0.05) is 6.42 Å². The Labute approximate surface area is 63.9 Å². The van der Waals surface area contributed by atoms with E-state index in [1.165, 1.54) is 13.2 Å². The Morgan fingerprint density at radius 2 is 2.00 bits per heavy atom. The van der Waals surface area contributed by atoms with Crippen LogP contribution in [-0.2, 0) is 30.7 Å². The van der Waals surface area contributed by atoms with E-state index >= 15 is 0 Å². The van der Waals surface area contributed by atoms with Crippen LogP contribution in [0.3, 0.4) is 0 Å². The largest absolute Gasteiger partial charge is 2.00 e. The quantitative estimate of drug-likeness (QED) is 0.547. The molecule has 0 fully saturated rings. The van der Waals surface area contributed by atoms with Gasteiger partial charge in [0, 0.05) is 0 Å². The molecule has 0 amide bonds. The van der Waals surface area contributed by atoms with Gasteiger partial charge in [-0.05, 0) is 6.92 Å². The molecular weight excluding hydrogens is 276 g/mol. The van der Waals surface area contributed by atoms with Crippen LogP contribution in [0.1, 0.15) is 13.3 Å². The van der Waals surface area contributed by atoms with Crippen molar-refractivity contribution in [3.05, 3.63) is 7.43 Å². The maximum Gasteiger partial charge on any atom is 2.00 e. The molecule has 0 bridgehead atoms. The Hall–Kier alpha value is 0.0283. The molecule has 0 heterocycles. The third kappa shape index (κ3) is 16.6. The topological polar surface area (TPSA) is 34.1 Å². The Bertz CT molecular complexity index is 70.8. The molecule has 0 aliphatic carbocycles. The van der Waals surface area contributed by atoms with Crippen molar-refractivity contribution >= 4 is 12.1 Å². The van der Waals surface area contributed by atoms with Crippen LogP contribution in [0, 0.1) is 7.43 Å². The average Bonchev–Trinajstić information content (AvgIpc) is 1.35. The molecule has 3 heteroatoms. The standard InChI is InChI=1S/C4H5O2.CH3.W/c1-4(6)2-3-5;;/h2H2,1H3;1H3;/q2*-1;+2. The summed E-state index contributed by atoms with van der Waals surface area (Å²) >= 11 is 0. The molecule has 0 aromatic rings. The van der Waals surface area contributed by atoms with Crippen LogP contribution >= 0.6 is 0 Å². The average molecular weight is 284 g/mol. The Balaban J connectivity index is -0.000000125. The van der Waals surface area contributed by atoms with E-state index in [1.807, 2.05) is 0 Å². The molecule has 8 heavy (non-hydrogen) atoms. The predicted molar refractivity (Wildman–Crippen MR) is 27.4 cm³/mol. The molecule has 0 spiro atoms. The fourth-order valence-electron chi connectivity index (χ4n) is 0.102. The number of ketones is 1. The van der Waals surface area contributed by atoms with Crippen LogP contribution in [0.4, 0.5) is 0 Å². The smallest absolute Gasteiger partial charge is 0.541 e. The third-order valence-electron chi connectivity index (χ3n) is 0.321. The van der Waals surface area contributed by atoms with E-state index in [0.29, 0.717) is 0 Å². The molecule has 0 aromatic carbocycles. The van der Waals surface area contributed by atoms with Crippen LogP contribution in [0.15, 0.2) is 0 Å². The van der Waals surface area contributed by atoms with Crippen molar-refractivity contribution < 1.29 is 30.7 Å². The van der Waals surface area contributed by atoms with E-state index in [9.17, 15) is 9.59 Å². The number of Topliss-reactive ketones (excluding diaryl/α,β-unsaturated/α-hetero) is 1. The van der Waals surface area contributed by atoms with Crippen molar-refractivity contribution in [2.24, 2.45) is 0 Å². The molecule has 0 saturated heterocycles. The summed E-state index contributed by atoms with van der Waals surface area (Å²) in [6.07, 6.45) is 1.40. The molecule has 0 unspecified atom stereocenters.